The molecule has 3 rings (SSSR count). The van der Waals surface area contributed by atoms with Crippen LogP contribution in [0.25, 0.3) is 0 Å². The fourth-order valence-electron chi connectivity index (χ4n) is 5.62. The summed E-state index contributed by atoms with van der Waals surface area (Å²) < 4.78 is 10.1. The monoisotopic (exact) mass is 434 g/mol. The van der Waals surface area contributed by atoms with E-state index in [9.17, 15) is 29.8 Å². The number of nitrogens with zero attached hydrogens (tertiary/aromatic N) is 2. The Kier molecular flexibility index (Phi) is 6.28. The van der Waals surface area contributed by atoms with E-state index in [1.165, 1.54) is 0 Å². The molecule has 31 heavy (non-hydrogen) atoms. The summed E-state index contributed by atoms with van der Waals surface area (Å²) in [7, 11) is 0. The molecular formula is C21H26N2O8. The second-order valence-corrected chi connectivity index (χ2v) is 8.28. The van der Waals surface area contributed by atoms with E-state index in [1.54, 1.807) is 44.2 Å². The quantitative estimate of drug-likeness (QED) is 0.363. The Morgan fingerprint density at radius 1 is 0.871 bits per heavy atom. The number of fused-ring (bicyclic) bond motifs is 2. The fourth-order valence-corrected chi connectivity index (χ4v) is 5.62. The van der Waals surface area contributed by atoms with Crippen molar-refractivity contribution in [2.24, 2.45) is 11.8 Å². The Morgan fingerprint density at radius 3 is 1.58 bits per heavy atom. The van der Waals surface area contributed by atoms with E-state index in [-0.39, 0.29) is 38.9 Å². The van der Waals surface area contributed by atoms with Crippen molar-refractivity contribution < 1.29 is 28.9 Å². The topological polar surface area (TPSA) is 139 Å². The van der Waals surface area contributed by atoms with Crippen LogP contribution in [0.15, 0.2) is 30.3 Å². The van der Waals surface area contributed by atoms with Crippen LogP contribution in [0.3, 0.4) is 0 Å². The Bertz CT molecular complexity index is 807. The first-order valence-electron chi connectivity index (χ1n) is 10.4. The van der Waals surface area contributed by atoms with Crippen molar-refractivity contribution in [3.8, 4) is 0 Å². The maximum Gasteiger partial charge on any atom is 0.309 e. The molecule has 1 aromatic carbocycles. The number of carbonyl (C=O) groups excluding carboxylic acids is 2. The highest BCUT2D eigenvalue weighted by Crippen LogP contribution is 2.60. The highest BCUT2D eigenvalue weighted by Gasteiger charge is 2.75. The minimum Gasteiger partial charge on any atom is -0.466 e. The summed E-state index contributed by atoms with van der Waals surface area (Å²) in [6.45, 7) is 3.36. The van der Waals surface area contributed by atoms with Gasteiger partial charge in [-0.1, -0.05) is 30.3 Å². The smallest absolute Gasteiger partial charge is 0.309 e. The number of hydrogen-bond donors (Lipinski definition) is 0. The van der Waals surface area contributed by atoms with E-state index in [1.807, 2.05) is 0 Å². The summed E-state index contributed by atoms with van der Waals surface area (Å²) in [6.07, 6.45) is -0.929. The van der Waals surface area contributed by atoms with E-state index >= 15 is 0 Å². The zero-order chi connectivity index (χ0) is 22.8. The van der Waals surface area contributed by atoms with Crippen LogP contribution >= 0.6 is 0 Å². The summed E-state index contributed by atoms with van der Waals surface area (Å²) in [5.41, 5.74) is -3.29. The van der Waals surface area contributed by atoms with Gasteiger partial charge in [0, 0.05) is 35.5 Å². The Hall–Kier alpha value is -3.04. The maximum absolute atomic E-state index is 12.6. The third-order valence-electron chi connectivity index (χ3n) is 6.57. The molecule has 10 heteroatoms. The van der Waals surface area contributed by atoms with Gasteiger partial charge in [-0.05, 0) is 19.4 Å². The van der Waals surface area contributed by atoms with Gasteiger partial charge in [0.2, 0.25) is 11.1 Å². The predicted molar refractivity (Wildman–Crippen MR) is 107 cm³/mol. The lowest BCUT2D eigenvalue weighted by Crippen LogP contribution is -2.68. The number of hydrogen-bond acceptors (Lipinski definition) is 8. The summed E-state index contributed by atoms with van der Waals surface area (Å²) in [5.74, 6) is -4.46. The van der Waals surface area contributed by atoms with Crippen LogP contribution in [0.4, 0.5) is 0 Å². The molecule has 0 heterocycles. The molecule has 0 aliphatic heterocycles. The van der Waals surface area contributed by atoms with Gasteiger partial charge in [0.25, 0.3) is 0 Å². The van der Waals surface area contributed by atoms with Crippen molar-refractivity contribution >= 4 is 11.9 Å². The average molecular weight is 434 g/mol. The molecule has 0 unspecified atom stereocenters. The number of benzene rings is 1. The molecular weight excluding hydrogens is 408 g/mol. The summed E-state index contributed by atoms with van der Waals surface area (Å²) >= 11 is 0. The number of ether oxygens (including phenoxy) is 2. The molecule has 1 aromatic rings. The molecule has 0 aromatic heterocycles. The van der Waals surface area contributed by atoms with Gasteiger partial charge in [0.15, 0.2) is 0 Å². The van der Waals surface area contributed by atoms with E-state index in [4.69, 9.17) is 9.47 Å². The van der Waals surface area contributed by atoms with Gasteiger partial charge in [-0.3, -0.25) is 29.8 Å². The molecule has 168 valence electrons. The lowest BCUT2D eigenvalue weighted by molar-refractivity contribution is -0.644. The third kappa shape index (κ3) is 3.75. The van der Waals surface area contributed by atoms with Crippen LogP contribution in [0.1, 0.15) is 51.0 Å². The SMILES string of the molecule is CCOC(=O)C1CC2([N+](=O)[O-])CC(C(=O)OCC)CC([N+](=O)[O-])(C1)C2c1ccccc1. The van der Waals surface area contributed by atoms with E-state index in [0.29, 0.717) is 5.56 Å². The third-order valence-corrected chi connectivity index (χ3v) is 6.57. The van der Waals surface area contributed by atoms with Crippen LogP contribution < -0.4 is 0 Å². The van der Waals surface area contributed by atoms with Crippen molar-refractivity contribution in [1.82, 2.24) is 0 Å². The lowest BCUT2D eigenvalue weighted by atomic mass is 9.49. The molecule has 0 radical (unpaired) electrons. The van der Waals surface area contributed by atoms with Crippen LogP contribution in [-0.2, 0) is 19.1 Å². The van der Waals surface area contributed by atoms with Crippen molar-refractivity contribution in [3.05, 3.63) is 56.1 Å². The Labute approximate surface area is 179 Å². The lowest BCUT2D eigenvalue weighted by Gasteiger charge is -2.51. The minimum absolute atomic E-state index is 0.0693. The van der Waals surface area contributed by atoms with Crippen molar-refractivity contribution in [2.45, 2.75) is 56.5 Å². The molecule has 2 fully saturated rings. The van der Waals surface area contributed by atoms with Crippen molar-refractivity contribution in [1.29, 1.82) is 0 Å². The van der Waals surface area contributed by atoms with Gasteiger partial charge in [0.05, 0.1) is 25.0 Å². The normalized spacial score (nSPS) is 32.0. The second kappa shape index (κ2) is 8.60. The van der Waals surface area contributed by atoms with Gasteiger partial charge >= 0.3 is 11.9 Å². The zero-order valence-electron chi connectivity index (χ0n) is 17.5. The Balaban J connectivity index is 2.21. The van der Waals surface area contributed by atoms with Crippen LogP contribution in [0, 0.1) is 32.1 Å². The highest BCUT2D eigenvalue weighted by molar-refractivity contribution is 5.75. The molecule has 2 aliphatic rings. The highest BCUT2D eigenvalue weighted by atomic mass is 16.6. The molecule has 0 amide bonds. The molecule has 0 spiro atoms. The van der Waals surface area contributed by atoms with E-state index in [0.717, 1.165) is 0 Å². The minimum atomic E-state index is -1.88. The summed E-state index contributed by atoms with van der Waals surface area (Å²) in [6, 6.07) is 8.34. The van der Waals surface area contributed by atoms with Gasteiger partial charge in [-0.15, -0.1) is 0 Å². The maximum atomic E-state index is 12.6. The van der Waals surface area contributed by atoms with Gasteiger partial charge in [0.1, 0.15) is 5.92 Å². The molecule has 0 saturated heterocycles. The first kappa shape index (κ1) is 22.6. The standard InChI is InChI=1S/C21H26N2O8/c1-3-30-18(24)15-10-20(22(26)27)12-16(19(25)31-4-2)13-21(11-15,23(28)29)17(20)14-8-6-5-7-9-14/h5-9,15-17H,3-4,10-13H2,1-2H3. The van der Waals surface area contributed by atoms with E-state index in [2.05, 4.69) is 0 Å². The zero-order valence-corrected chi connectivity index (χ0v) is 17.5. The van der Waals surface area contributed by atoms with Crippen LogP contribution in [0.2, 0.25) is 0 Å². The van der Waals surface area contributed by atoms with Crippen LogP contribution in [-0.4, -0.2) is 46.1 Å². The summed E-state index contributed by atoms with van der Waals surface area (Å²) in [4.78, 5) is 49.2. The Morgan fingerprint density at radius 2 is 1.26 bits per heavy atom. The molecule has 2 bridgehead atoms. The molecule has 2 aliphatic carbocycles. The van der Waals surface area contributed by atoms with Crippen LogP contribution in [0.5, 0.6) is 0 Å². The summed E-state index contributed by atoms with van der Waals surface area (Å²) in [5, 5.41) is 25.1. The second-order valence-electron chi connectivity index (χ2n) is 8.28. The largest absolute Gasteiger partial charge is 0.466 e. The predicted octanol–water partition coefficient (Wildman–Crippen LogP) is 2.75. The van der Waals surface area contributed by atoms with Gasteiger partial charge in [-0.25, -0.2) is 0 Å². The molecule has 10 nitrogen and oxygen atoms in total. The number of carbonyl (C=O) groups is 2. The number of nitro groups is 2. The first-order chi connectivity index (χ1) is 14.7. The van der Waals surface area contributed by atoms with Crippen molar-refractivity contribution in [3.63, 3.8) is 0 Å². The van der Waals surface area contributed by atoms with Crippen molar-refractivity contribution in [2.75, 3.05) is 13.2 Å². The molecule has 0 atom stereocenters. The van der Waals surface area contributed by atoms with Gasteiger partial charge < -0.3 is 9.47 Å². The number of esters is 2. The average Bonchev–Trinajstić information content (AvgIpc) is 2.73. The van der Waals surface area contributed by atoms with E-state index < -0.39 is 50.6 Å². The first-order valence-corrected chi connectivity index (χ1v) is 10.4. The molecule has 0 N–H and O–H groups in total. The molecule has 2 saturated carbocycles. The fraction of sp³-hybridized carbons (Fsp3) is 0.619. The van der Waals surface area contributed by atoms with Gasteiger partial charge in [-0.2, -0.15) is 0 Å². The number of rotatable bonds is 7.